The van der Waals surface area contributed by atoms with E-state index < -0.39 is 0 Å². The molecule has 2 heterocycles. The highest BCUT2D eigenvalue weighted by Gasteiger charge is 2.41. The number of aryl methyl sites for hydroxylation is 2. The summed E-state index contributed by atoms with van der Waals surface area (Å²) in [6.07, 6.45) is 2.44. The van der Waals surface area contributed by atoms with Gasteiger partial charge < -0.3 is 15.1 Å². The van der Waals surface area contributed by atoms with E-state index in [1.165, 1.54) is 0 Å². The minimum absolute atomic E-state index is 0.0288. The Bertz CT molecular complexity index is 766. The van der Waals surface area contributed by atoms with Gasteiger partial charge in [-0.3, -0.25) is 14.4 Å². The van der Waals surface area contributed by atoms with Gasteiger partial charge in [0.05, 0.1) is 0 Å². The number of rotatable bonds is 4. The Kier molecular flexibility index (Phi) is 6.06. The normalized spacial score (nSPS) is 20.8. The minimum atomic E-state index is -0.374. The second-order valence-electron chi connectivity index (χ2n) is 8.36. The molecule has 0 bridgehead atoms. The highest BCUT2D eigenvalue weighted by molar-refractivity contribution is 5.96. The molecule has 1 aromatic rings. The molecule has 2 aliphatic heterocycles. The molecule has 152 valence electrons. The summed E-state index contributed by atoms with van der Waals surface area (Å²) in [4.78, 5) is 41.5. The van der Waals surface area contributed by atoms with Gasteiger partial charge in [-0.05, 0) is 58.6 Å². The van der Waals surface area contributed by atoms with Gasteiger partial charge in [0.1, 0.15) is 6.04 Å². The first-order valence-corrected chi connectivity index (χ1v) is 10.3. The van der Waals surface area contributed by atoms with Gasteiger partial charge in [0.25, 0.3) is 5.91 Å². The van der Waals surface area contributed by atoms with Crippen molar-refractivity contribution in [2.24, 2.45) is 0 Å². The van der Waals surface area contributed by atoms with Crippen LogP contribution in [0, 0.1) is 13.8 Å². The lowest BCUT2D eigenvalue weighted by Crippen LogP contribution is -2.54. The topological polar surface area (TPSA) is 69.7 Å². The van der Waals surface area contributed by atoms with Crippen LogP contribution in [0.5, 0.6) is 0 Å². The van der Waals surface area contributed by atoms with Crippen molar-refractivity contribution in [1.29, 1.82) is 0 Å². The Labute approximate surface area is 167 Å². The average molecular weight is 386 g/mol. The number of likely N-dealkylation sites (tertiary alicyclic amines) is 2. The van der Waals surface area contributed by atoms with Crippen LogP contribution in [0.15, 0.2) is 18.2 Å². The third kappa shape index (κ3) is 4.21. The Morgan fingerprint density at radius 3 is 2.39 bits per heavy atom. The van der Waals surface area contributed by atoms with E-state index in [-0.39, 0.29) is 35.8 Å². The number of piperidine rings is 1. The lowest BCUT2D eigenvalue weighted by molar-refractivity contribution is -0.138. The van der Waals surface area contributed by atoms with Crippen LogP contribution in [0.4, 0.5) is 0 Å². The molecular weight excluding hydrogens is 354 g/mol. The number of carbonyl (C=O) groups is 3. The fourth-order valence-corrected chi connectivity index (χ4v) is 4.37. The van der Waals surface area contributed by atoms with Crippen molar-refractivity contribution in [2.45, 2.75) is 71.5 Å². The number of benzene rings is 1. The molecule has 0 saturated carbocycles. The Hall–Kier alpha value is -2.37. The quantitative estimate of drug-likeness (QED) is 0.865. The van der Waals surface area contributed by atoms with Crippen LogP contribution in [0.3, 0.4) is 0 Å². The average Bonchev–Trinajstić information content (AvgIpc) is 3.02. The van der Waals surface area contributed by atoms with Crippen LogP contribution >= 0.6 is 0 Å². The van der Waals surface area contributed by atoms with Gasteiger partial charge in [0.15, 0.2) is 0 Å². The second-order valence-corrected chi connectivity index (χ2v) is 8.36. The van der Waals surface area contributed by atoms with Crippen molar-refractivity contribution >= 4 is 17.7 Å². The maximum absolute atomic E-state index is 12.9. The number of nitrogens with zero attached hydrogens (tertiary/aromatic N) is 2. The fraction of sp³-hybridized carbons (Fsp3) is 0.591. The zero-order chi connectivity index (χ0) is 20.4. The summed E-state index contributed by atoms with van der Waals surface area (Å²) in [5.41, 5.74) is 2.88. The van der Waals surface area contributed by atoms with E-state index in [2.05, 4.69) is 5.32 Å². The Balaban J connectivity index is 1.64. The van der Waals surface area contributed by atoms with Gasteiger partial charge in [-0.25, -0.2) is 0 Å². The third-order valence-electron chi connectivity index (χ3n) is 5.75. The van der Waals surface area contributed by atoms with E-state index >= 15 is 0 Å². The second kappa shape index (κ2) is 8.33. The van der Waals surface area contributed by atoms with Gasteiger partial charge in [0, 0.05) is 37.2 Å². The molecule has 0 radical (unpaired) electrons. The molecule has 2 aliphatic rings. The van der Waals surface area contributed by atoms with Crippen LogP contribution in [-0.2, 0) is 9.59 Å². The van der Waals surface area contributed by atoms with Gasteiger partial charge >= 0.3 is 0 Å². The standard InChI is InChI=1S/C22H31N3O3/c1-14(2)23-21(27)19-7-8-20(26)25(19)17-9-11-24(12-10-17)22(28)18-6-5-15(3)13-16(18)4/h5-6,13-14,17,19H,7-12H2,1-4H3,(H,23,27). The number of nitrogens with one attached hydrogen (secondary N) is 1. The molecule has 2 saturated heterocycles. The first kappa shape index (κ1) is 20.4. The van der Waals surface area contributed by atoms with E-state index in [0.29, 0.717) is 38.8 Å². The molecule has 0 aromatic heterocycles. The van der Waals surface area contributed by atoms with Crippen molar-refractivity contribution in [3.8, 4) is 0 Å². The number of amides is 3. The molecule has 3 rings (SSSR count). The Morgan fingerprint density at radius 2 is 1.79 bits per heavy atom. The SMILES string of the molecule is Cc1ccc(C(=O)N2CCC(N3C(=O)CCC3C(=O)NC(C)C)CC2)c(C)c1. The van der Waals surface area contributed by atoms with Crippen LogP contribution < -0.4 is 5.32 Å². The van der Waals surface area contributed by atoms with Crippen LogP contribution in [0.1, 0.15) is 61.0 Å². The predicted octanol–water partition coefficient (Wildman–Crippen LogP) is 2.42. The van der Waals surface area contributed by atoms with Crippen LogP contribution in [0.2, 0.25) is 0 Å². The van der Waals surface area contributed by atoms with Crippen molar-refractivity contribution < 1.29 is 14.4 Å². The van der Waals surface area contributed by atoms with E-state index in [1.54, 1.807) is 4.90 Å². The lowest BCUT2D eigenvalue weighted by atomic mass is 9.99. The molecule has 1 unspecified atom stereocenters. The summed E-state index contributed by atoms with van der Waals surface area (Å²) in [6, 6.07) is 5.61. The Morgan fingerprint density at radius 1 is 1.11 bits per heavy atom. The summed E-state index contributed by atoms with van der Waals surface area (Å²) in [5, 5.41) is 2.94. The molecule has 28 heavy (non-hydrogen) atoms. The van der Waals surface area contributed by atoms with E-state index in [4.69, 9.17) is 0 Å². The molecule has 1 N–H and O–H groups in total. The summed E-state index contributed by atoms with van der Waals surface area (Å²) in [5.74, 6) is 0.0514. The van der Waals surface area contributed by atoms with Crippen molar-refractivity contribution in [1.82, 2.24) is 15.1 Å². The minimum Gasteiger partial charge on any atom is -0.352 e. The molecule has 0 spiro atoms. The van der Waals surface area contributed by atoms with Gasteiger partial charge in [-0.1, -0.05) is 17.7 Å². The molecule has 2 fully saturated rings. The first-order valence-electron chi connectivity index (χ1n) is 10.3. The smallest absolute Gasteiger partial charge is 0.254 e. The molecule has 6 heteroatoms. The first-order chi connectivity index (χ1) is 13.3. The zero-order valence-electron chi connectivity index (χ0n) is 17.3. The summed E-state index contributed by atoms with van der Waals surface area (Å²) in [6.45, 7) is 9.06. The molecular formula is C22H31N3O3. The van der Waals surface area contributed by atoms with Gasteiger partial charge in [0.2, 0.25) is 11.8 Å². The maximum atomic E-state index is 12.9. The summed E-state index contributed by atoms with van der Waals surface area (Å²) in [7, 11) is 0. The molecule has 1 aromatic carbocycles. The summed E-state index contributed by atoms with van der Waals surface area (Å²) >= 11 is 0. The van der Waals surface area contributed by atoms with Crippen molar-refractivity contribution in [3.63, 3.8) is 0 Å². The fourth-order valence-electron chi connectivity index (χ4n) is 4.37. The summed E-state index contributed by atoms with van der Waals surface area (Å²) < 4.78 is 0. The molecule has 0 aliphatic carbocycles. The van der Waals surface area contributed by atoms with Crippen LogP contribution in [-0.4, -0.2) is 58.7 Å². The van der Waals surface area contributed by atoms with Crippen molar-refractivity contribution in [2.75, 3.05) is 13.1 Å². The number of hydrogen-bond acceptors (Lipinski definition) is 3. The third-order valence-corrected chi connectivity index (χ3v) is 5.75. The zero-order valence-corrected chi connectivity index (χ0v) is 17.3. The molecule has 1 atom stereocenters. The van der Waals surface area contributed by atoms with Gasteiger partial charge in [-0.15, -0.1) is 0 Å². The monoisotopic (exact) mass is 385 g/mol. The highest BCUT2D eigenvalue weighted by Crippen LogP contribution is 2.28. The van der Waals surface area contributed by atoms with E-state index in [0.717, 1.165) is 16.7 Å². The van der Waals surface area contributed by atoms with Gasteiger partial charge in [-0.2, -0.15) is 0 Å². The molecule has 3 amide bonds. The van der Waals surface area contributed by atoms with Crippen molar-refractivity contribution in [3.05, 3.63) is 34.9 Å². The largest absolute Gasteiger partial charge is 0.352 e. The lowest BCUT2D eigenvalue weighted by Gasteiger charge is -2.39. The van der Waals surface area contributed by atoms with E-state index in [1.807, 2.05) is 50.8 Å². The predicted molar refractivity (Wildman–Crippen MR) is 108 cm³/mol. The number of hydrogen-bond donors (Lipinski definition) is 1. The highest BCUT2D eigenvalue weighted by atomic mass is 16.2. The van der Waals surface area contributed by atoms with E-state index in [9.17, 15) is 14.4 Å². The number of carbonyl (C=O) groups excluding carboxylic acids is 3. The molecule has 6 nitrogen and oxygen atoms in total. The maximum Gasteiger partial charge on any atom is 0.254 e. The van der Waals surface area contributed by atoms with Crippen LogP contribution in [0.25, 0.3) is 0 Å².